The molecule has 1 amide bonds. The average molecular weight is 309 g/mol. The van der Waals surface area contributed by atoms with Crippen LogP contribution in [0.2, 0.25) is 0 Å². The molecule has 0 radical (unpaired) electrons. The van der Waals surface area contributed by atoms with E-state index in [0.29, 0.717) is 6.42 Å². The van der Waals surface area contributed by atoms with Crippen LogP contribution in [0.4, 0.5) is 5.69 Å². The van der Waals surface area contributed by atoms with E-state index in [1.54, 1.807) is 0 Å². The predicted molar refractivity (Wildman–Crippen MR) is 93.0 cm³/mol. The maximum absolute atomic E-state index is 12.3. The summed E-state index contributed by atoms with van der Waals surface area (Å²) in [6.07, 6.45) is 4.11. The molecular weight excluding hydrogens is 286 g/mol. The number of anilines is 1. The third-order valence-electron chi connectivity index (χ3n) is 4.31. The molecule has 0 saturated carbocycles. The Morgan fingerprint density at radius 2 is 1.83 bits per heavy atom. The molecule has 0 spiro atoms. The highest BCUT2D eigenvalue weighted by atomic mass is 16.5. The lowest BCUT2D eigenvalue weighted by Gasteiger charge is -2.14. The average Bonchev–Trinajstić information content (AvgIpc) is 2.89. The molecule has 0 aliphatic carbocycles. The first-order valence-corrected chi connectivity index (χ1v) is 8.40. The molecule has 3 heteroatoms. The van der Waals surface area contributed by atoms with Crippen molar-refractivity contribution in [2.45, 2.75) is 38.5 Å². The van der Waals surface area contributed by atoms with E-state index in [4.69, 9.17) is 4.74 Å². The lowest BCUT2D eigenvalue weighted by Crippen LogP contribution is -2.15. The Bertz CT molecular complexity index is 681. The Kier molecular flexibility index (Phi) is 4.96. The maximum Gasteiger partial charge on any atom is 0.232 e. The number of benzene rings is 2. The van der Waals surface area contributed by atoms with Gasteiger partial charge in [-0.15, -0.1) is 0 Å². The van der Waals surface area contributed by atoms with Gasteiger partial charge in [-0.1, -0.05) is 56.2 Å². The second kappa shape index (κ2) is 7.32. The van der Waals surface area contributed by atoms with Crippen molar-refractivity contribution in [3.05, 3.63) is 59.7 Å². The van der Waals surface area contributed by atoms with E-state index < -0.39 is 0 Å². The first kappa shape index (κ1) is 15.6. The van der Waals surface area contributed by atoms with E-state index in [-0.39, 0.29) is 11.8 Å². The van der Waals surface area contributed by atoms with Gasteiger partial charge in [0.1, 0.15) is 5.75 Å². The predicted octanol–water partition coefficient (Wildman–Crippen LogP) is 4.53. The first-order valence-electron chi connectivity index (χ1n) is 8.40. The fourth-order valence-electron chi connectivity index (χ4n) is 3.05. The highest BCUT2D eigenvalue weighted by Crippen LogP contribution is 2.36. The third kappa shape index (κ3) is 3.55. The van der Waals surface area contributed by atoms with E-state index in [1.807, 2.05) is 42.5 Å². The molecule has 0 bridgehead atoms. The van der Waals surface area contributed by atoms with Crippen molar-refractivity contribution in [1.29, 1.82) is 0 Å². The lowest BCUT2D eigenvalue weighted by atomic mass is 9.93. The quantitative estimate of drug-likeness (QED) is 0.763. The van der Waals surface area contributed by atoms with Crippen LogP contribution in [-0.2, 0) is 11.2 Å². The van der Waals surface area contributed by atoms with Gasteiger partial charge < -0.3 is 10.1 Å². The largest absolute Gasteiger partial charge is 0.493 e. The number of amides is 1. The van der Waals surface area contributed by atoms with Crippen LogP contribution in [0.15, 0.2) is 48.5 Å². The van der Waals surface area contributed by atoms with Gasteiger partial charge in [0.25, 0.3) is 0 Å². The number of carbonyl (C=O) groups is 1. The number of fused-ring (bicyclic) bond motifs is 1. The van der Waals surface area contributed by atoms with Crippen LogP contribution in [0.5, 0.6) is 5.75 Å². The summed E-state index contributed by atoms with van der Waals surface area (Å²) in [7, 11) is 0. The number of ether oxygens (including phenoxy) is 1. The molecule has 120 valence electrons. The van der Waals surface area contributed by atoms with E-state index in [1.165, 1.54) is 12.8 Å². The fraction of sp³-hybridized carbons (Fsp3) is 0.350. The Balaban J connectivity index is 1.74. The molecule has 1 aliphatic heterocycles. The Hall–Kier alpha value is -2.29. The standard InChI is InChI=1S/C20H23NO2/c1-2-3-8-13-23-19-12-7-4-9-15(19)14-17-16-10-5-6-11-18(16)21-20(17)22/h4-7,9-12,17H,2-3,8,13-14H2,1H3,(H,21,22)/t17-/m1/s1. The number of unbranched alkanes of at least 4 members (excludes halogenated alkanes) is 2. The molecule has 1 heterocycles. The van der Waals surface area contributed by atoms with Crippen molar-refractivity contribution >= 4 is 11.6 Å². The monoisotopic (exact) mass is 309 g/mol. The van der Waals surface area contributed by atoms with Gasteiger partial charge in [0.15, 0.2) is 0 Å². The molecule has 0 saturated heterocycles. The molecule has 1 aliphatic rings. The van der Waals surface area contributed by atoms with E-state index in [2.05, 4.69) is 18.3 Å². The zero-order valence-electron chi connectivity index (χ0n) is 13.5. The number of carbonyl (C=O) groups excluding carboxylic acids is 1. The molecule has 0 aromatic heterocycles. The maximum atomic E-state index is 12.3. The summed E-state index contributed by atoms with van der Waals surface area (Å²) in [5.74, 6) is 0.847. The fourth-order valence-corrected chi connectivity index (χ4v) is 3.05. The lowest BCUT2D eigenvalue weighted by molar-refractivity contribution is -0.117. The van der Waals surface area contributed by atoms with Gasteiger partial charge >= 0.3 is 0 Å². The summed E-state index contributed by atoms with van der Waals surface area (Å²) in [4.78, 5) is 12.3. The number of rotatable bonds is 7. The van der Waals surface area contributed by atoms with Crippen molar-refractivity contribution in [3.63, 3.8) is 0 Å². The SMILES string of the molecule is CCCCCOc1ccccc1C[C@H]1C(=O)Nc2ccccc21. The Morgan fingerprint density at radius 1 is 1.04 bits per heavy atom. The minimum Gasteiger partial charge on any atom is -0.493 e. The van der Waals surface area contributed by atoms with Crippen LogP contribution in [0.25, 0.3) is 0 Å². The molecule has 1 atom stereocenters. The van der Waals surface area contributed by atoms with Crippen molar-refractivity contribution in [2.75, 3.05) is 11.9 Å². The smallest absolute Gasteiger partial charge is 0.232 e. The van der Waals surface area contributed by atoms with E-state index in [0.717, 1.165) is 35.6 Å². The van der Waals surface area contributed by atoms with Crippen molar-refractivity contribution in [1.82, 2.24) is 0 Å². The number of hydrogen-bond acceptors (Lipinski definition) is 2. The van der Waals surface area contributed by atoms with E-state index >= 15 is 0 Å². The van der Waals surface area contributed by atoms with Gasteiger partial charge in [-0.05, 0) is 36.1 Å². The van der Waals surface area contributed by atoms with Gasteiger partial charge in [-0.2, -0.15) is 0 Å². The summed E-state index contributed by atoms with van der Waals surface area (Å²) in [6, 6.07) is 16.0. The molecule has 3 nitrogen and oxygen atoms in total. The second-order valence-electron chi connectivity index (χ2n) is 6.00. The summed E-state index contributed by atoms with van der Waals surface area (Å²) in [5.41, 5.74) is 3.11. The highest BCUT2D eigenvalue weighted by Gasteiger charge is 2.30. The molecule has 3 rings (SSSR count). The van der Waals surface area contributed by atoms with Crippen molar-refractivity contribution < 1.29 is 9.53 Å². The topological polar surface area (TPSA) is 38.3 Å². The molecular formula is C20H23NO2. The molecule has 2 aromatic carbocycles. The summed E-state index contributed by atoms with van der Waals surface area (Å²) >= 11 is 0. The van der Waals surface area contributed by atoms with Crippen molar-refractivity contribution in [2.24, 2.45) is 0 Å². The van der Waals surface area contributed by atoms with Gasteiger partial charge in [0.05, 0.1) is 12.5 Å². The molecule has 23 heavy (non-hydrogen) atoms. The molecule has 1 N–H and O–H groups in total. The molecule has 2 aromatic rings. The van der Waals surface area contributed by atoms with Crippen LogP contribution in [0.3, 0.4) is 0 Å². The first-order chi connectivity index (χ1) is 11.3. The van der Waals surface area contributed by atoms with E-state index in [9.17, 15) is 4.79 Å². The van der Waals surface area contributed by atoms with Gasteiger partial charge in [0.2, 0.25) is 5.91 Å². The number of para-hydroxylation sites is 2. The molecule has 0 fully saturated rings. The Labute approximate surface area is 137 Å². The van der Waals surface area contributed by atoms with Crippen LogP contribution >= 0.6 is 0 Å². The highest BCUT2D eigenvalue weighted by molar-refractivity contribution is 6.03. The molecule has 0 unspecified atom stereocenters. The van der Waals surface area contributed by atoms with Crippen LogP contribution in [0.1, 0.15) is 43.2 Å². The summed E-state index contributed by atoms with van der Waals surface area (Å²) < 4.78 is 5.94. The Morgan fingerprint density at radius 3 is 2.70 bits per heavy atom. The number of nitrogens with one attached hydrogen (secondary N) is 1. The summed E-state index contributed by atoms with van der Waals surface area (Å²) in [6.45, 7) is 2.92. The normalized spacial score (nSPS) is 16.0. The zero-order valence-corrected chi connectivity index (χ0v) is 13.5. The second-order valence-corrected chi connectivity index (χ2v) is 6.00. The van der Waals surface area contributed by atoms with Crippen LogP contribution in [-0.4, -0.2) is 12.5 Å². The van der Waals surface area contributed by atoms with Crippen LogP contribution in [0, 0.1) is 0 Å². The van der Waals surface area contributed by atoms with Gasteiger partial charge in [-0.3, -0.25) is 4.79 Å². The van der Waals surface area contributed by atoms with Gasteiger partial charge in [-0.25, -0.2) is 0 Å². The van der Waals surface area contributed by atoms with Crippen molar-refractivity contribution in [3.8, 4) is 5.75 Å². The van der Waals surface area contributed by atoms with Gasteiger partial charge in [0, 0.05) is 5.69 Å². The zero-order chi connectivity index (χ0) is 16.1. The van der Waals surface area contributed by atoms with Crippen LogP contribution < -0.4 is 10.1 Å². The third-order valence-corrected chi connectivity index (χ3v) is 4.31. The number of hydrogen-bond donors (Lipinski definition) is 1. The summed E-state index contributed by atoms with van der Waals surface area (Å²) in [5, 5.41) is 2.97. The minimum absolute atomic E-state index is 0.0759. The minimum atomic E-state index is -0.133.